The molecule has 0 heterocycles. The summed E-state index contributed by atoms with van der Waals surface area (Å²) >= 11 is 0. The van der Waals surface area contributed by atoms with Crippen molar-refractivity contribution in [2.75, 3.05) is 20.8 Å². The lowest BCUT2D eigenvalue weighted by Gasteiger charge is -2.30. The molecule has 0 aromatic rings. The molecule has 2 unspecified atom stereocenters. The summed E-state index contributed by atoms with van der Waals surface area (Å²) < 4.78 is 20.9. The first-order valence-corrected chi connectivity index (χ1v) is 5.39. The smallest absolute Gasteiger partial charge is 0.335 e. The van der Waals surface area contributed by atoms with Crippen molar-refractivity contribution in [2.45, 2.75) is 25.4 Å². The summed E-state index contributed by atoms with van der Waals surface area (Å²) in [4.78, 5) is 9.43. The van der Waals surface area contributed by atoms with Crippen molar-refractivity contribution in [1.82, 2.24) is 0 Å². The molecule has 0 fully saturated rings. The van der Waals surface area contributed by atoms with Crippen molar-refractivity contribution < 1.29 is 18.7 Å². The summed E-state index contributed by atoms with van der Waals surface area (Å²) in [6.45, 7) is 3.74. The molecule has 0 aromatic carbocycles. The molecule has 1 N–H and O–H groups in total. The van der Waals surface area contributed by atoms with Crippen LogP contribution in [0, 0.1) is 0 Å². The molecule has 0 rings (SSSR count). The third-order valence-corrected chi connectivity index (χ3v) is 4.45. The van der Waals surface area contributed by atoms with Crippen molar-refractivity contribution in [3.8, 4) is 0 Å². The molecular weight excluding hydrogens is 179 g/mol. The van der Waals surface area contributed by atoms with Gasteiger partial charge in [-0.3, -0.25) is 4.57 Å². The average molecular weight is 196 g/mol. The largest absolute Gasteiger partial charge is 0.383 e. The maximum atomic E-state index is 11.5. The number of methoxy groups -OCH3 is 1. The van der Waals surface area contributed by atoms with E-state index in [2.05, 4.69) is 4.52 Å². The van der Waals surface area contributed by atoms with Crippen molar-refractivity contribution in [2.24, 2.45) is 0 Å². The molecule has 0 saturated carbocycles. The molecule has 0 aliphatic carbocycles. The number of rotatable bonds is 5. The Hall–Kier alpha value is 0.110. The Kier molecular flexibility index (Phi) is 4.42. The molecule has 4 nitrogen and oxygen atoms in total. The van der Waals surface area contributed by atoms with Gasteiger partial charge in [-0.15, -0.1) is 0 Å². The van der Waals surface area contributed by atoms with E-state index in [1.54, 1.807) is 6.92 Å². The molecule has 0 amide bonds. The second-order valence-corrected chi connectivity index (χ2v) is 5.47. The highest BCUT2D eigenvalue weighted by Crippen LogP contribution is 2.56. The van der Waals surface area contributed by atoms with Crippen molar-refractivity contribution in [3.05, 3.63) is 0 Å². The van der Waals surface area contributed by atoms with E-state index in [1.165, 1.54) is 14.2 Å². The van der Waals surface area contributed by atoms with Gasteiger partial charge in [0.2, 0.25) is 0 Å². The summed E-state index contributed by atoms with van der Waals surface area (Å²) in [5, 5.41) is -0.795. The molecule has 12 heavy (non-hydrogen) atoms. The van der Waals surface area contributed by atoms with Gasteiger partial charge in [0, 0.05) is 14.2 Å². The molecule has 0 radical (unpaired) electrons. The van der Waals surface area contributed by atoms with Gasteiger partial charge in [0.05, 0.1) is 11.8 Å². The molecule has 0 bridgehead atoms. The topological polar surface area (TPSA) is 55.8 Å². The van der Waals surface area contributed by atoms with Crippen LogP contribution in [-0.2, 0) is 13.8 Å². The number of hydrogen-bond donors (Lipinski definition) is 1. The second-order valence-electron chi connectivity index (χ2n) is 2.99. The summed E-state index contributed by atoms with van der Waals surface area (Å²) in [7, 11) is -0.793. The van der Waals surface area contributed by atoms with Gasteiger partial charge in [-0.05, 0) is 13.3 Å². The monoisotopic (exact) mass is 196 g/mol. The van der Waals surface area contributed by atoms with Gasteiger partial charge in [0.15, 0.2) is 0 Å². The fourth-order valence-electron chi connectivity index (χ4n) is 0.915. The van der Waals surface area contributed by atoms with E-state index >= 15 is 0 Å². The van der Waals surface area contributed by atoms with Crippen molar-refractivity contribution in [1.29, 1.82) is 0 Å². The molecule has 2 atom stereocenters. The van der Waals surface area contributed by atoms with Crippen molar-refractivity contribution >= 4 is 7.60 Å². The van der Waals surface area contributed by atoms with Crippen LogP contribution in [0.3, 0.4) is 0 Å². The van der Waals surface area contributed by atoms with E-state index in [1.807, 2.05) is 6.92 Å². The fourth-order valence-corrected chi connectivity index (χ4v) is 2.05. The van der Waals surface area contributed by atoms with Gasteiger partial charge in [0.25, 0.3) is 0 Å². The second kappa shape index (κ2) is 4.38. The summed E-state index contributed by atoms with van der Waals surface area (Å²) in [6, 6.07) is 0. The molecule has 0 aromatic heterocycles. The fraction of sp³-hybridized carbons (Fsp3) is 1.00. The quantitative estimate of drug-likeness (QED) is 0.679. The minimum atomic E-state index is -3.54. The zero-order valence-electron chi connectivity index (χ0n) is 8.03. The van der Waals surface area contributed by atoms with Gasteiger partial charge in [-0.25, -0.2) is 0 Å². The first-order chi connectivity index (χ1) is 5.43. The highest BCUT2D eigenvalue weighted by molar-refractivity contribution is 7.54. The minimum Gasteiger partial charge on any atom is -0.383 e. The predicted octanol–water partition coefficient (Wildman–Crippen LogP) is 1.63. The maximum absolute atomic E-state index is 11.5. The third kappa shape index (κ3) is 2.30. The summed E-state index contributed by atoms with van der Waals surface area (Å²) in [6.07, 6.45) is 0.544. The highest BCUT2D eigenvalue weighted by atomic mass is 31.2. The van der Waals surface area contributed by atoms with Crippen LogP contribution in [0.15, 0.2) is 0 Å². The lowest BCUT2D eigenvalue weighted by molar-refractivity contribution is 0.148. The average Bonchev–Trinajstić information content (AvgIpc) is 2.04. The Morgan fingerprint density at radius 3 is 2.25 bits per heavy atom. The molecule has 0 saturated heterocycles. The minimum absolute atomic E-state index is 0.227. The molecule has 0 aliphatic heterocycles. The molecule has 5 heteroatoms. The maximum Gasteiger partial charge on any atom is 0.335 e. The van der Waals surface area contributed by atoms with E-state index in [-0.39, 0.29) is 6.61 Å². The zero-order valence-corrected chi connectivity index (χ0v) is 8.93. The Balaban J connectivity index is 4.61. The van der Waals surface area contributed by atoms with E-state index < -0.39 is 12.8 Å². The van der Waals surface area contributed by atoms with Crippen LogP contribution in [0.25, 0.3) is 0 Å². The first-order valence-electron chi connectivity index (χ1n) is 3.81. The SMILES string of the molecule is CCC(C)(COC)P(=O)(O)OC. The summed E-state index contributed by atoms with van der Waals surface area (Å²) in [5.41, 5.74) is 0. The Bertz CT molecular complexity index is 182. The van der Waals surface area contributed by atoms with E-state index in [4.69, 9.17) is 4.74 Å². The van der Waals surface area contributed by atoms with E-state index in [0.717, 1.165) is 0 Å². The third-order valence-electron chi connectivity index (χ3n) is 2.15. The Morgan fingerprint density at radius 1 is 1.50 bits per heavy atom. The normalized spacial score (nSPS) is 21.4. The van der Waals surface area contributed by atoms with Gasteiger partial charge in [-0.1, -0.05) is 6.92 Å². The number of hydrogen-bond acceptors (Lipinski definition) is 3. The Labute approximate surface area is 73.4 Å². The lowest BCUT2D eigenvalue weighted by Crippen LogP contribution is -2.30. The van der Waals surface area contributed by atoms with Crippen LogP contribution >= 0.6 is 7.60 Å². The number of ether oxygens (including phenoxy) is 1. The van der Waals surface area contributed by atoms with Gasteiger partial charge in [0.1, 0.15) is 0 Å². The van der Waals surface area contributed by atoms with Crippen LogP contribution in [0.5, 0.6) is 0 Å². The molecule has 74 valence electrons. The van der Waals surface area contributed by atoms with Crippen LogP contribution in [0.2, 0.25) is 0 Å². The van der Waals surface area contributed by atoms with Gasteiger partial charge < -0.3 is 14.2 Å². The standard InChI is InChI=1S/C7H17O4P/c1-5-7(2,6-10-3)12(8,9)11-4/h5-6H2,1-4H3,(H,8,9). The van der Waals surface area contributed by atoms with Gasteiger partial charge in [-0.2, -0.15) is 0 Å². The zero-order chi connectivity index (χ0) is 9.83. The van der Waals surface area contributed by atoms with Crippen LogP contribution in [-0.4, -0.2) is 30.9 Å². The molecular formula is C7H17O4P. The van der Waals surface area contributed by atoms with Crippen molar-refractivity contribution in [3.63, 3.8) is 0 Å². The van der Waals surface area contributed by atoms with Crippen LogP contribution < -0.4 is 0 Å². The van der Waals surface area contributed by atoms with Crippen LogP contribution in [0.1, 0.15) is 20.3 Å². The predicted molar refractivity (Wildman–Crippen MR) is 47.4 cm³/mol. The summed E-state index contributed by atoms with van der Waals surface area (Å²) in [5.74, 6) is 0. The Morgan fingerprint density at radius 2 is 2.00 bits per heavy atom. The molecule has 0 spiro atoms. The highest BCUT2D eigenvalue weighted by Gasteiger charge is 2.42. The van der Waals surface area contributed by atoms with Crippen LogP contribution in [0.4, 0.5) is 0 Å². The van der Waals surface area contributed by atoms with E-state index in [0.29, 0.717) is 6.42 Å². The molecule has 0 aliphatic rings. The first kappa shape index (κ1) is 12.1. The van der Waals surface area contributed by atoms with E-state index in [9.17, 15) is 9.46 Å². The van der Waals surface area contributed by atoms with Gasteiger partial charge >= 0.3 is 7.60 Å². The lowest BCUT2D eigenvalue weighted by atomic mass is 10.1.